The topological polar surface area (TPSA) is 68.6 Å². The molecule has 2 aliphatic heterocycles. The number of nitrogens with zero attached hydrogens (tertiary/aromatic N) is 3. The molecule has 5 rings (SSSR count). The van der Waals surface area contributed by atoms with Gasteiger partial charge >= 0.3 is 6.09 Å². The average Bonchev–Trinajstić information content (AvgIpc) is 3.21. The summed E-state index contributed by atoms with van der Waals surface area (Å²) in [5.74, 6) is 1.36. The highest BCUT2D eigenvalue weighted by atomic mass is 35.5. The summed E-state index contributed by atoms with van der Waals surface area (Å²) in [7, 11) is 1.41. The second kappa shape index (κ2) is 8.48. The lowest BCUT2D eigenvalue weighted by Gasteiger charge is -2.35. The lowest BCUT2D eigenvalue weighted by Crippen LogP contribution is -2.43. The van der Waals surface area contributed by atoms with E-state index in [1.165, 1.54) is 7.11 Å². The van der Waals surface area contributed by atoms with Gasteiger partial charge in [0.1, 0.15) is 11.5 Å². The SMILES string of the molecule is COC(=O)N1c2ccc(-c3cnn(C4CNC4)c3)c(Oc3cccc(Cl)c3)c2CCC1C. The Balaban J connectivity index is 1.63. The molecule has 1 fully saturated rings. The van der Waals surface area contributed by atoms with Gasteiger partial charge in [0, 0.05) is 47.0 Å². The molecule has 166 valence electrons. The smallest absolute Gasteiger partial charge is 0.414 e. The van der Waals surface area contributed by atoms with Gasteiger partial charge in [0.25, 0.3) is 0 Å². The molecule has 1 unspecified atom stereocenters. The first-order valence-electron chi connectivity index (χ1n) is 10.8. The Morgan fingerprint density at radius 2 is 2.09 bits per heavy atom. The summed E-state index contributed by atoms with van der Waals surface area (Å²) in [5.41, 5.74) is 3.69. The summed E-state index contributed by atoms with van der Waals surface area (Å²) < 4.78 is 13.5. The molecule has 2 aliphatic rings. The lowest BCUT2D eigenvalue weighted by molar-refractivity contribution is 0.175. The van der Waals surface area contributed by atoms with Crippen molar-refractivity contribution in [2.45, 2.75) is 31.8 Å². The number of carbonyl (C=O) groups excluding carboxylic acids is 1. The van der Waals surface area contributed by atoms with Gasteiger partial charge in [0.15, 0.2) is 0 Å². The van der Waals surface area contributed by atoms with Gasteiger partial charge in [-0.1, -0.05) is 17.7 Å². The van der Waals surface area contributed by atoms with Crippen LogP contribution in [0.5, 0.6) is 11.5 Å². The zero-order chi connectivity index (χ0) is 22.2. The molecule has 1 N–H and O–H groups in total. The van der Waals surface area contributed by atoms with E-state index in [-0.39, 0.29) is 12.1 Å². The molecule has 0 aliphatic carbocycles. The zero-order valence-electron chi connectivity index (χ0n) is 18.0. The van der Waals surface area contributed by atoms with E-state index in [0.29, 0.717) is 16.8 Å². The Morgan fingerprint density at radius 3 is 2.81 bits per heavy atom. The van der Waals surface area contributed by atoms with Crippen LogP contribution in [0.3, 0.4) is 0 Å². The third-order valence-corrected chi connectivity index (χ3v) is 6.42. The second-order valence-corrected chi connectivity index (χ2v) is 8.68. The zero-order valence-corrected chi connectivity index (χ0v) is 18.8. The molecule has 0 spiro atoms. The second-order valence-electron chi connectivity index (χ2n) is 8.25. The van der Waals surface area contributed by atoms with Crippen LogP contribution in [0.2, 0.25) is 5.02 Å². The monoisotopic (exact) mass is 452 g/mol. The summed E-state index contributed by atoms with van der Waals surface area (Å²) in [6.45, 7) is 3.87. The van der Waals surface area contributed by atoms with Crippen molar-refractivity contribution in [3.63, 3.8) is 0 Å². The number of fused-ring (bicyclic) bond motifs is 1. The minimum Gasteiger partial charge on any atom is -0.456 e. The van der Waals surface area contributed by atoms with Gasteiger partial charge in [0.05, 0.1) is 25.0 Å². The van der Waals surface area contributed by atoms with Crippen molar-refractivity contribution < 1.29 is 14.3 Å². The number of anilines is 1. The quantitative estimate of drug-likeness (QED) is 0.600. The molecule has 1 saturated heterocycles. The third kappa shape index (κ3) is 3.72. The van der Waals surface area contributed by atoms with Crippen LogP contribution in [0.1, 0.15) is 24.9 Å². The number of hydrogen-bond donors (Lipinski definition) is 1. The van der Waals surface area contributed by atoms with Gasteiger partial charge < -0.3 is 14.8 Å². The molecule has 3 heterocycles. The first kappa shape index (κ1) is 20.8. The predicted molar refractivity (Wildman–Crippen MR) is 124 cm³/mol. The maximum Gasteiger partial charge on any atom is 0.414 e. The standard InChI is InChI=1S/C24H25ClN4O3/c1-15-6-7-21-22(29(15)24(30)31-2)9-8-20(16-11-27-28(14-16)18-12-26-13-18)23(21)32-19-5-3-4-17(25)10-19/h3-5,8-11,14-15,18,26H,6-7,12-13H2,1-2H3. The van der Waals surface area contributed by atoms with Crippen molar-refractivity contribution >= 4 is 23.4 Å². The number of carbonyl (C=O) groups is 1. The van der Waals surface area contributed by atoms with Crippen molar-refractivity contribution in [2.75, 3.05) is 25.1 Å². The predicted octanol–water partition coefficient (Wildman–Crippen LogP) is 5.05. The number of aromatic nitrogens is 2. The first-order valence-corrected chi connectivity index (χ1v) is 11.1. The fourth-order valence-electron chi connectivity index (χ4n) is 4.31. The number of rotatable bonds is 4. The van der Waals surface area contributed by atoms with Gasteiger partial charge in [-0.2, -0.15) is 5.10 Å². The van der Waals surface area contributed by atoms with Crippen molar-refractivity contribution in [1.29, 1.82) is 0 Å². The van der Waals surface area contributed by atoms with E-state index < -0.39 is 0 Å². The van der Waals surface area contributed by atoms with Gasteiger partial charge in [-0.25, -0.2) is 4.79 Å². The highest BCUT2D eigenvalue weighted by Crippen LogP contribution is 2.45. The molecule has 2 aromatic carbocycles. The van der Waals surface area contributed by atoms with Crippen LogP contribution in [0, 0.1) is 0 Å². The summed E-state index contributed by atoms with van der Waals surface area (Å²) in [6, 6.07) is 11.7. The Kier molecular flexibility index (Phi) is 5.53. The van der Waals surface area contributed by atoms with E-state index >= 15 is 0 Å². The highest BCUT2D eigenvalue weighted by molar-refractivity contribution is 6.30. The minimum atomic E-state index is -0.370. The van der Waals surface area contributed by atoms with Crippen LogP contribution < -0.4 is 15.0 Å². The molecule has 0 saturated carbocycles. The Morgan fingerprint density at radius 1 is 1.25 bits per heavy atom. The van der Waals surface area contributed by atoms with E-state index in [1.807, 2.05) is 48.1 Å². The number of halogens is 1. The Labute approximate surface area is 191 Å². The van der Waals surface area contributed by atoms with Crippen LogP contribution in [0.25, 0.3) is 11.1 Å². The van der Waals surface area contributed by atoms with Crippen LogP contribution in [0.4, 0.5) is 10.5 Å². The Bertz CT molecular complexity index is 1160. The van der Waals surface area contributed by atoms with E-state index in [4.69, 9.17) is 21.1 Å². The number of hydrogen-bond acceptors (Lipinski definition) is 5. The number of benzene rings is 2. The molecule has 32 heavy (non-hydrogen) atoms. The Hall–Kier alpha value is -3.03. The number of nitrogens with one attached hydrogen (secondary N) is 1. The molecule has 1 atom stereocenters. The van der Waals surface area contributed by atoms with Crippen LogP contribution in [-0.4, -0.2) is 42.1 Å². The summed E-state index contributed by atoms with van der Waals surface area (Å²) in [5, 5.41) is 8.45. The van der Waals surface area contributed by atoms with Gasteiger partial charge in [0.2, 0.25) is 0 Å². The maximum atomic E-state index is 12.6. The van der Waals surface area contributed by atoms with E-state index in [9.17, 15) is 4.79 Å². The summed E-state index contributed by atoms with van der Waals surface area (Å²) in [4.78, 5) is 14.3. The fourth-order valence-corrected chi connectivity index (χ4v) is 4.49. The molecule has 1 amide bonds. The minimum absolute atomic E-state index is 0.0358. The fraction of sp³-hybridized carbons (Fsp3) is 0.333. The maximum absolute atomic E-state index is 12.6. The summed E-state index contributed by atoms with van der Waals surface area (Å²) >= 11 is 6.21. The van der Waals surface area contributed by atoms with Gasteiger partial charge in [-0.05, 0) is 50.1 Å². The van der Waals surface area contributed by atoms with E-state index in [1.54, 1.807) is 11.0 Å². The molecular weight excluding hydrogens is 428 g/mol. The molecule has 1 aromatic heterocycles. The van der Waals surface area contributed by atoms with Gasteiger partial charge in [-0.3, -0.25) is 9.58 Å². The molecule has 3 aromatic rings. The largest absolute Gasteiger partial charge is 0.456 e. The number of methoxy groups -OCH3 is 1. The highest BCUT2D eigenvalue weighted by Gasteiger charge is 2.32. The number of ether oxygens (including phenoxy) is 2. The van der Waals surface area contributed by atoms with Gasteiger partial charge in [-0.15, -0.1) is 0 Å². The van der Waals surface area contributed by atoms with Crippen LogP contribution in [-0.2, 0) is 11.2 Å². The van der Waals surface area contributed by atoms with Crippen molar-refractivity contribution in [3.05, 3.63) is 59.4 Å². The average molecular weight is 453 g/mol. The van der Waals surface area contributed by atoms with Crippen LogP contribution in [0.15, 0.2) is 48.8 Å². The van der Waals surface area contributed by atoms with Crippen molar-refractivity contribution in [1.82, 2.24) is 15.1 Å². The van der Waals surface area contributed by atoms with Crippen molar-refractivity contribution in [2.24, 2.45) is 0 Å². The number of amides is 1. The molecule has 0 radical (unpaired) electrons. The lowest BCUT2D eigenvalue weighted by atomic mass is 9.92. The third-order valence-electron chi connectivity index (χ3n) is 6.18. The molecule has 7 nitrogen and oxygen atoms in total. The van der Waals surface area contributed by atoms with E-state index in [0.717, 1.165) is 54.1 Å². The molecular formula is C24H25ClN4O3. The molecule has 8 heteroatoms. The summed E-state index contributed by atoms with van der Waals surface area (Å²) in [6.07, 6.45) is 5.15. The van der Waals surface area contributed by atoms with Crippen molar-refractivity contribution in [3.8, 4) is 22.6 Å². The normalized spacial score (nSPS) is 18.1. The van der Waals surface area contributed by atoms with E-state index in [2.05, 4.69) is 16.6 Å². The molecule has 0 bridgehead atoms. The van der Waals surface area contributed by atoms with Crippen LogP contribution >= 0.6 is 11.6 Å². The first-order chi connectivity index (χ1) is 15.5.